The van der Waals surface area contributed by atoms with Gasteiger partial charge in [-0.25, -0.2) is 0 Å². The lowest BCUT2D eigenvalue weighted by Gasteiger charge is -2.21. The van der Waals surface area contributed by atoms with Crippen LogP contribution in [-0.4, -0.2) is 11.7 Å². The van der Waals surface area contributed by atoms with Gasteiger partial charge in [0.05, 0.1) is 11.8 Å². The Bertz CT molecular complexity index is 729. The van der Waals surface area contributed by atoms with Crippen molar-refractivity contribution >= 4 is 29.3 Å². The molecule has 0 radical (unpaired) electrons. The number of rotatable bonds is 6. The minimum absolute atomic E-state index is 0.0736. The van der Waals surface area contributed by atoms with Crippen LogP contribution >= 0.6 is 23.4 Å². The first kappa shape index (κ1) is 18.3. The largest absolute Gasteiger partial charge is 0.349 e. The van der Waals surface area contributed by atoms with E-state index >= 15 is 0 Å². The molecule has 1 atom stereocenters. The molecule has 0 saturated heterocycles. The highest BCUT2D eigenvalue weighted by molar-refractivity contribution is 8.00. The third kappa shape index (κ3) is 5.02. The molecule has 1 aliphatic carbocycles. The molecule has 132 valence electrons. The van der Waals surface area contributed by atoms with Gasteiger partial charge in [0.25, 0.3) is 0 Å². The monoisotopic (exact) mass is 373 g/mol. The topological polar surface area (TPSA) is 29.1 Å². The lowest BCUT2D eigenvalue weighted by Crippen LogP contribution is -2.29. The molecule has 0 bridgehead atoms. The SMILES string of the molecule is CCC(NC(=O)CSc1ccc(Cl)cc1)c1ccc2c(c1)CCCC2. The van der Waals surface area contributed by atoms with Crippen molar-refractivity contribution in [3.63, 3.8) is 0 Å². The van der Waals surface area contributed by atoms with Gasteiger partial charge in [-0.05, 0) is 73.1 Å². The van der Waals surface area contributed by atoms with Crippen LogP contribution in [0.4, 0.5) is 0 Å². The van der Waals surface area contributed by atoms with Gasteiger partial charge in [-0.3, -0.25) is 4.79 Å². The summed E-state index contributed by atoms with van der Waals surface area (Å²) in [5.74, 6) is 0.493. The van der Waals surface area contributed by atoms with E-state index in [1.165, 1.54) is 54.1 Å². The first-order valence-corrected chi connectivity index (χ1v) is 10.3. The molecule has 25 heavy (non-hydrogen) atoms. The Labute approximate surface area is 159 Å². The van der Waals surface area contributed by atoms with Crippen molar-refractivity contribution in [2.45, 2.75) is 50.0 Å². The molecule has 2 aromatic rings. The molecule has 2 nitrogen and oxygen atoms in total. The van der Waals surface area contributed by atoms with Crippen LogP contribution in [0.25, 0.3) is 0 Å². The van der Waals surface area contributed by atoms with Crippen LogP contribution in [0, 0.1) is 0 Å². The van der Waals surface area contributed by atoms with E-state index in [1.54, 1.807) is 0 Å². The van der Waals surface area contributed by atoms with Crippen molar-refractivity contribution in [1.29, 1.82) is 0 Å². The number of thioether (sulfide) groups is 1. The van der Waals surface area contributed by atoms with Crippen LogP contribution in [-0.2, 0) is 17.6 Å². The van der Waals surface area contributed by atoms with Crippen molar-refractivity contribution in [3.05, 3.63) is 64.2 Å². The summed E-state index contributed by atoms with van der Waals surface area (Å²) < 4.78 is 0. The number of aryl methyl sites for hydroxylation is 2. The second kappa shape index (κ2) is 8.77. The van der Waals surface area contributed by atoms with Crippen LogP contribution in [0.3, 0.4) is 0 Å². The normalized spacial score (nSPS) is 14.6. The molecule has 0 aromatic heterocycles. The zero-order valence-electron chi connectivity index (χ0n) is 14.6. The van der Waals surface area contributed by atoms with E-state index in [1.807, 2.05) is 24.3 Å². The minimum atomic E-state index is 0.0736. The number of carbonyl (C=O) groups is 1. The summed E-state index contributed by atoms with van der Waals surface area (Å²) in [5, 5.41) is 3.90. The average molecular weight is 374 g/mol. The van der Waals surface area contributed by atoms with Crippen LogP contribution in [0.5, 0.6) is 0 Å². The standard InChI is InChI=1S/C21H24ClNOS/c1-2-20(17-8-7-15-5-3-4-6-16(15)13-17)23-21(24)14-25-19-11-9-18(22)10-12-19/h7-13,20H,2-6,14H2,1H3,(H,23,24). The Morgan fingerprint density at radius 3 is 2.56 bits per heavy atom. The molecule has 2 aromatic carbocycles. The fourth-order valence-corrected chi connectivity index (χ4v) is 4.14. The highest BCUT2D eigenvalue weighted by atomic mass is 35.5. The average Bonchev–Trinajstić information content (AvgIpc) is 2.65. The molecule has 0 heterocycles. The summed E-state index contributed by atoms with van der Waals surface area (Å²) in [7, 11) is 0. The van der Waals surface area contributed by atoms with Gasteiger partial charge in [0.2, 0.25) is 5.91 Å². The lowest BCUT2D eigenvalue weighted by molar-refractivity contribution is -0.119. The van der Waals surface area contributed by atoms with Gasteiger partial charge in [0.15, 0.2) is 0 Å². The minimum Gasteiger partial charge on any atom is -0.349 e. The van der Waals surface area contributed by atoms with Crippen LogP contribution < -0.4 is 5.32 Å². The van der Waals surface area contributed by atoms with E-state index in [2.05, 4.69) is 30.4 Å². The van der Waals surface area contributed by atoms with Crippen molar-refractivity contribution in [2.24, 2.45) is 0 Å². The zero-order chi connectivity index (χ0) is 17.6. The Hall–Kier alpha value is -1.45. The Morgan fingerprint density at radius 2 is 1.84 bits per heavy atom. The number of amides is 1. The number of fused-ring (bicyclic) bond motifs is 1. The van der Waals surface area contributed by atoms with Crippen molar-refractivity contribution in [3.8, 4) is 0 Å². The Kier molecular flexibility index (Phi) is 6.44. The van der Waals surface area contributed by atoms with Crippen molar-refractivity contribution in [1.82, 2.24) is 5.32 Å². The summed E-state index contributed by atoms with van der Waals surface area (Å²) in [6.45, 7) is 2.12. The van der Waals surface area contributed by atoms with E-state index in [4.69, 9.17) is 11.6 Å². The quantitative estimate of drug-likeness (QED) is 0.670. The van der Waals surface area contributed by atoms with Crippen LogP contribution in [0.15, 0.2) is 47.4 Å². The lowest BCUT2D eigenvalue weighted by atomic mass is 9.89. The second-order valence-electron chi connectivity index (χ2n) is 6.51. The van der Waals surface area contributed by atoms with Crippen molar-refractivity contribution in [2.75, 3.05) is 5.75 Å². The fraction of sp³-hybridized carbons (Fsp3) is 0.381. The highest BCUT2D eigenvalue weighted by Crippen LogP contribution is 2.26. The van der Waals surface area contributed by atoms with Gasteiger partial charge in [-0.1, -0.05) is 36.7 Å². The van der Waals surface area contributed by atoms with Crippen molar-refractivity contribution < 1.29 is 4.79 Å². The molecular formula is C21H24ClNOS. The molecule has 0 aliphatic heterocycles. The van der Waals surface area contributed by atoms with Crippen LogP contribution in [0.2, 0.25) is 5.02 Å². The molecule has 0 spiro atoms. The summed E-state index contributed by atoms with van der Waals surface area (Å²) in [6.07, 6.45) is 5.83. The third-order valence-electron chi connectivity index (χ3n) is 4.70. The van der Waals surface area contributed by atoms with Gasteiger partial charge in [0, 0.05) is 9.92 Å². The van der Waals surface area contributed by atoms with Gasteiger partial charge in [0.1, 0.15) is 0 Å². The first-order valence-electron chi connectivity index (χ1n) is 8.95. The zero-order valence-corrected chi connectivity index (χ0v) is 16.1. The predicted molar refractivity (Wildman–Crippen MR) is 106 cm³/mol. The number of benzene rings is 2. The van der Waals surface area contributed by atoms with Gasteiger partial charge in [-0.15, -0.1) is 11.8 Å². The van der Waals surface area contributed by atoms with E-state index in [0.717, 1.165) is 11.3 Å². The predicted octanol–water partition coefficient (Wildman–Crippen LogP) is 5.58. The van der Waals surface area contributed by atoms with E-state index in [0.29, 0.717) is 10.8 Å². The smallest absolute Gasteiger partial charge is 0.230 e. The third-order valence-corrected chi connectivity index (χ3v) is 5.97. The molecular weight excluding hydrogens is 350 g/mol. The summed E-state index contributed by atoms with van der Waals surface area (Å²) in [5.41, 5.74) is 4.18. The summed E-state index contributed by atoms with van der Waals surface area (Å²) in [6, 6.07) is 14.4. The number of hydrogen-bond donors (Lipinski definition) is 1. The summed E-state index contributed by atoms with van der Waals surface area (Å²) >= 11 is 7.43. The molecule has 0 fully saturated rings. The molecule has 1 unspecified atom stereocenters. The number of carbonyl (C=O) groups excluding carboxylic acids is 1. The number of halogens is 1. The summed E-state index contributed by atoms with van der Waals surface area (Å²) in [4.78, 5) is 13.4. The first-order chi connectivity index (χ1) is 12.2. The molecule has 0 saturated carbocycles. The molecule has 4 heteroatoms. The molecule has 1 amide bonds. The maximum absolute atomic E-state index is 12.4. The molecule has 3 rings (SSSR count). The highest BCUT2D eigenvalue weighted by Gasteiger charge is 2.16. The number of nitrogens with one attached hydrogen (secondary N) is 1. The Morgan fingerprint density at radius 1 is 1.12 bits per heavy atom. The van der Waals surface area contributed by atoms with E-state index in [9.17, 15) is 4.79 Å². The molecule has 1 aliphatic rings. The Balaban J connectivity index is 1.59. The second-order valence-corrected chi connectivity index (χ2v) is 7.99. The maximum Gasteiger partial charge on any atom is 0.230 e. The van der Waals surface area contributed by atoms with E-state index < -0.39 is 0 Å². The van der Waals surface area contributed by atoms with E-state index in [-0.39, 0.29) is 11.9 Å². The van der Waals surface area contributed by atoms with Crippen LogP contribution in [0.1, 0.15) is 48.9 Å². The number of hydrogen-bond acceptors (Lipinski definition) is 2. The maximum atomic E-state index is 12.4. The molecule has 1 N–H and O–H groups in total. The van der Waals surface area contributed by atoms with Gasteiger partial charge >= 0.3 is 0 Å². The van der Waals surface area contributed by atoms with Gasteiger partial charge in [-0.2, -0.15) is 0 Å². The fourth-order valence-electron chi connectivity index (χ4n) is 3.31. The van der Waals surface area contributed by atoms with Gasteiger partial charge < -0.3 is 5.32 Å².